The topological polar surface area (TPSA) is 21.3 Å². The fourth-order valence-electron chi connectivity index (χ4n) is 1.51. The molecule has 0 bridgehead atoms. The number of nitrogens with one attached hydrogen (secondary N) is 1. The summed E-state index contributed by atoms with van der Waals surface area (Å²) in [6.45, 7) is 7.14. The van der Waals surface area contributed by atoms with Gasteiger partial charge in [-0.3, -0.25) is 0 Å². The van der Waals surface area contributed by atoms with Gasteiger partial charge in [0.25, 0.3) is 0 Å². The average Bonchev–Trinajstić information content (AvgIpc) is 2.77. The molecule has 16 heavy (non-hydrogen) atoms. The number of hydrogen-bond donors (Lipinski definition) is 1. The van der Waals surface area contributed by atoms with Crippen molar-refractivity contribution in [3.8, 4) is 0 Å². The summed E-state index contributed by atoms with van der Waals surface area (Å²) >= 11 is 1.80. The van der Waals surface area contributed by atoms with E-state index in [0.29, 0.717) is 6.10 Å². The predicted octanol–water partition coefficient (Wildman–Crippen LogP) is 3.43. The molecule has 0 saturated carbocycles. The SMILES string of the molecule is CCCCCOC(C)CNCc1cccs1. The number of hydrogen-bond acceptors (Lipinski definition) is 3. The largest absolute Gasteiger partial charge is 0.377 e. The number of rotatable bonds is 9. The molecule has 1 atom stereocenters. The summed E-state index contributed by atoms with van der Waals surface area (Å²) in [5.74, 6) is 0. The Morgan fingerprint density at radius 2 is 2.31 bits per heavy atom. The third-order valence-corrected chi connectivity index (χ3v) is 3.34. The van der Waals surface area contributed by atoms with Crippen molar-refractivity contribution in [3.63, 3.8) is 0 Å². The standard InChI is InChI=1S/C13H23NOS/c1-3-4-5-8-15-12(2)10-14-11-13-7-6-9-16-13/h6-7,9,12,14H,3-5,8,10-11H2,1-2H3. The molecule has 2 nitrogen and oxygen atoms in total. The molecule has 0 amide bonds. The lowest BCUT2D eigenvalue weighted by atomic mass is 10.3. The first-order valence-corrected chi connectivity index (χ1v) is 7.05. The average molecular weight is 241 g/mol. The summed E-state index contributed by atoms with van der Waals surface area (Å²) in [4.78, 5) is 1.39. The smallest absolute Gasteiger partial charge is 0.0671 e. The summed E-state index contributed by atoms with van der Waals surface area (Å²) in [6.07, 6.45) is 4.03. The molecule has 0 aromatic carbocycles. The molecular weight excluding hydrogens is 218 g/mol. The highest BCUT2D eigenvalue weighted by molar-refractivity contribution is 7.09. The second-order valence-corrected chi connectivity index (χ2v) is 5.13. The maximum atomic E-state index is 5.70. The minimum Gasteiger partial charge on any atom is -0.377 e. The summed E-state index contributed by atoms with van der Waals surface area (Å²) in [7, 11) is 0. The van der Waals surface area contributed by atoms with Crippen molar-refractivity contribution in [2.45, 2.75) is 45.8 Å². The van der Waals surface area contributed by atoms with Crippen LogP contribution in [0, 0.1) is 0 Å². The van der Waals surface area contributed by atoms with Crippen LogP contribution in [0.15, 0.2) is 17.5 Å². The van der Waals surface area contributed by atoms with Crippen LogP contribution >= 0.6 is 11.3 Å². The Morgan fingerprint density at radius 1 is 1.44 bits per heavy atom. The van der Waals surface area contributed by atoms with Crippen molar-refractivity contribution in [2.75, 3.05) is 13.2 Å². The zero-order valence-corrected chi connectivity index (χ0v) is 11.2. The second-order valence-electron chi connectivity index (χ2n) is 4.10. The number of unbranched alkanes of at least 4 members (excludes halogenated alkanes) is 2. The Bertz CT molecular complexity index is 248. The maximum absolute atomic E-state index is 5.70. The van der Waals surface area contributed by atoms with Crippen LogP contribution in [0.5, 0.6) is 0 Å². The van der Waals surface area contributed by atoms with Crippen molar-refractivity contribution < 1.29 is 4.74 Å². The molecule has 3 heteroatoms. The fourth-order valence-corrected chi connectivity index (χ4v) is 2.18. The lowest BCUT2D eigenvalue weighted by Gasteiger charge is -2.13. The highest BCUT2D eigenvalue weighted by Crippen LogP contribution is 2.07. The first-order valence-electron chi connectivity index (χ1n) is 6.17. The summed E-state index contributed by atoms with van der Waals surface area (Å²) < 4.78 is 5.70. The maximum Gasteiger partial charge on any atom is 0.0671 e. The fraction of sp³-hybridized carbons (Fsp3) is 0.692. The molecule has 1 aromatic rings. The van der Waals surface area contributed by atoms with E-state index in [9.17, 15) is 0 Å². The van der Waals surface area contributed by atoms with Crippen LogP contribution in [0.1, 0.15) is 38.0 Å². The van der Waals surface area contributed by atoms with Crippen molar-refractivity contribution in [1.29, 1.82) is 0 Å². The molecule has 0 radical (unpaired) electrons. The van der Waals surface area contributed by atoms with E-state index < -0.39 is 0 Å². The van der Waals surface area contributed by atoms with Gasteiger partial charge in [0.1, 0.15) is 0 Å². The van der Waals surface area contributed by atoms with Crippen LogP contribution in [0.3, 0.4) is 0 Å². The zero-order valence-electron chi connectivity index (χ0n) is 10.4. The van der Waals surface area contributed by atoms with Crippen LogP contribution in [0.25, 0.3) is 0 Å². The first-order chi connectivity index (χ1) is 7.83. The van der Waals surface area contributed by atoms with Crippen LogP contribution < -0.4 is 5.32 Å². The molecule has 1 aromatic heterocycles. The number of thiophene rings is 1. The van der Waals surface area contributed by atoms with Crippen molar-refractivity contribution in [1.82, 2.24) is 5.32 Å². The van der Waals surface area contributed by atoms with Gasteiger partial charge < -0.3 is 10.1 Å². The molecule has 0 aliphatic rings. The van der Waals surface area contributed by atoms with Gasteiger partial charge in [-0.15, -0.1) is 11.3 Å². The van der Waals surface area contributed by atoms with Gasteiger partial charge in [-0.1, -0.05) is 25.8 Å². The molecule has 1 unspecified atom stereocenters. The van der Waals surface area contributed by atoms with Gasteiger partial charge in [0.05, 0.1) is 6.10 Å². The Hall–Kier alpha value is -0.380. The molecule has 1 rings (SSSR count). The molecule has 0 saturated heterocycles. The van der Waals surface area contributed by atoms with Gasteiger partial charge in [-0.25, -0.2) is 0 Å². The van der Waals surface area contributed by atoms with E-state index in [1.165, 1.54) is 24.1 Å². The summed E-state index contributed by atoms with van der Waals surface area (Å²) in [5.41, 5.74) is 0. The third-order valence-electron chi connectivity index (χ3n) is 2.46. The third kappa shape index (κ3) is 6.26. The van der Waals surface area contributed by atoms with Gasteiger partial charge >= 0.3 is 0 Å². The van der Waals surface area contributed by atoms with Gasteiger partial charge in [-0.05, 0) is 24.8 Å². The van der Waals surface area contributed by atoms with E-state index in [0.717, 1.165) is 19.7 Å². The highest BCUT2D eigenvalue weighted by atomic mass is 32.1. The van der Waals surface area contributed by atoms with Crippen molar-refractivity contribution in [3.05, 3.63) is 22.4 Å². The van der Waals surface area contributed by atoms with E-state index in [4.69, 9.17) is 4.74 Å². The molecule has 0 aliphatic heterocycles. The van der Waals surface area contributed by atoms with E-state index in [2.05, 4.69) is 36.7 Å². The zero-order chi connectivity index (χ0) is 11.6. The van der Waals surface area contributed by atoms with Crippen molar-refractivity contribution >= 4 is 11.3 Å². The monoisotopic (exact) mass is 241 g/mol. The molecule has 0 aliphatic carbocycles. The van der Waals surface area contributed by atoms with Gasteiger partial charge in [-0.2, -0.15) is 0 Å². The molecule has 92 valence electrons. The highest BCUT2D eigenvalue weighted by Gasteiger charge is 2.01. The Balaban J connectivity index is 1.95. The second kappa shape index (κ2) is 8.74. The molecule has 0 fully saturated rings. The molecule has 0 spiro atoms. The molecule has 1 heterocycles. The Kier molecular flexibility index (Phi) is 7.47. The van der Waals surface area contributed by atoms with Gasteiger partial charge in [0, 0.05) is 24.6 Å². The summed E-state index contributed by atoms with van der Waals surface area (Å²) in [5, 5.41) is 5.53. The summed E-state index contributed by atoms with van der Waals surface area (Å²) in [6, 6.07) is 4.25. The van der Waals surface area contributed by atoms with Crippen LogP contribution in [0.2, 0.25) is 0 Å². The van der Waals surface area contributed by atoms with Crippen LogP contribution in [-0.2, 0) is 11.3 Å². The molecular formula is C13H23NOS. The lowest BCUT2D eigenvalue weighted by Crippen LogP contribution is -2.26. The number of ether oxygens (including phenoxy) is 1. The van der Waals surface area contributed by atoms with E-state index in [1.54, 1.807) is 11.3 Å². The minimum atomic E-state index is 0.316. The first kappa shape index (κ1) is 13.7. The Morgan fingerprint density at radius 3 is 3.00 bits per heavy atom. The van der Waals surface area contributed by atoms with Gasteiger partial charge in [0.15, 0.2) is 0 Å². The van der Waals surface area contributed by atoms with E-state index in [-0.39, 0.29) is 0 Å². The van der Waals surface area contributed by atoms with Crippen LogP contribution in [-0.4, -0.2) is 19.3 Å². The van der Waals surface area contributed by atoms with Crippen LogP contribution in [0.4, 0.5) is 0 Å². The van der Waals surface area contributed by atoms with Gasteiger partial charge in [0.2, 0.25) is 0 Å². The minimum absolute atomic E-state index is 0.316. The van der Waals surface area contributed by atoms with E-state index >= 15 is 0 Å². The lowest BCUT2D eigenvalue weighted by molar-refractivity contribution is 0.0631. The quantitative estimate of drug-likeness (QED) is 0.669. The molecule has 1 N–H and O–H groups in total. The normalized spacial score (nSPS) is 12.9. The predicted molar refractivity (Wildman–Crippen MR) is 71.0 cm³/mol. The van der Waals surface area contributed by atoms with Crippen molar-refractivity contribution in [2.24, 2.45) is 0 Å². The van der Waals surface area contributed by atoms with E-state index in [1.807, 2.05) is 0 Å². The Labute approximate surface area is 103 Å².